The monoisotopic (exact) mass is 274 g/mol. The largest absolute Gasteiger partial charge is 0.393 e. The van der Waals surface area contributed by atoms with Crippen LogP contribution in [0.1, 0.15) is 39.0 Å². The molecule has 5 heteroatoms. The number of thioether (sulfide) groups is 1. The van der Waals surface area contributed by atoms with Crippen LogP contribution in [0.25, 0.3) is 0 Å². The lowest BCUT2D eigenvalue weighted by Gasteiger charge is -2.27. The number of nitrogens with one attached hydrogen (secondary N) is 1. The lowest BCUT2D eigenvalue weighted by molar-refractivity contribution is -0.123. The molecule has 0 aromatic rings. The highest BCUT2D eigenvalue weighted by Gasteiger charge is 2.33. The molecular formula is C12H22N2OS2. The maximum atomic E-state index is 11.9. The van der Waals surface area contributed by atoms with Crippen molar-refractivity contribution in [2.24, 2.45) is 11.7 Å². The fourth-order valence-electron chi connectivity index (χ4n) is 2.36. The molecule has 0 aromatic carbocycles. The molecule has 0 aromatic heterocycles. The molecule has 1 amide bonds. The van der Waals surface area contributed by atoms with Crippen LogP contribution in [0.5, 0.6) is 0 Å². The molecule has 1 unspecified atom stereocenters. The molecule has 0 radical (unpaired) electrons. The van der Waals surface area contributed by atoms with Crippen molar-refractivity contribution in [2.45, 2.75) is 43.8 Å². The predicted octanol–water partition coefficient (Wildman–Crippen LogP) is 2.09. The standard InChI is InChI=1S/C12H22N2OS2/c1-3-9(10(13)16)11(15)14-8-12(17-2)6-4-5-7-12/h9H,3-8H2,1-2H3,(H2,13,16)(H,14,15). The van der Waals surface area contributed by atoms with Crippen LogP contribution in [-0.4, -0.2) is 28.4 Å². The summed E-state index contributed by atoms with van der Waals surface area (Å²) in [5.41, 5.74) is 5.56. The molecular weight excluding hydrogens is 252 g/mol. The molecule has 98 valence electrons. The van der Waals surface area contributed by atoms with Crippen molar-refractivity contribution in [1.29, 1.82) is 0 Å². The second kappa shape index (κ2) is 6.59. The summed E-state index contributed by atoms with van der Waals surface area (Å²) in [6.45, 7) is 2.68. The smallest absolute Gasteiger partial charge is 0.229 e. The zero-order chi connectivity index (χ0) is 12.9. The summed E-state index contributed by atoms with van der Waals surface area (Å²) in [5, 5.41) is 3.02. The SMILES string of the molecule is CCC(C(=O)NCC1(SC)CCCC1)C(N)=S. The Morgan fingerprint density at radius 3 is 2.53 bits per heavy atom. The van der Waals surface area contributed by atoms with E-state index >= 15 is 0 Å². The van der Waals surface area contributed by atoms with Crippen LogP contribution >= 0.6 is 24.0 Å². The van der Waals surface area contributed by atoms with E-state index in [0.29, 0.717) is 11.4 Å². The van der Waals surface area contributed by atoms with Crippen LogP contribution in [0, 0.1) is 5.92 Å². The number of thiocarbonyl (C=S) groups is 1. The van der Waals surface area contributed by atoms with Crippen molar-refractivity contribution in [1.82, 2.24) is 5.32 Å². The quantitative estimate of drug-likeness (QED) is 0.728. The Morgan fingerprint density at radius 1 is 1.53 bits per heavy atom. The number of rotatable bonds is 6. The molecule has 17 heavy (non-hydrogen) atoms. The van der Waals surface area contributed by atoms with Gasteiger partial charge in [0, 0.05) is 11.3 Å². The highest BCUT2D eigenvalue weighted by atomic mass is 32.2. The lowest BCUT2D eigenvalue weighted by atomic mass is 10.0. The Morgan fingerprint density at radius 2 is 2.12 bits per heavy atom. The highest BCUT2D eigenvalue weighted by Crippen LogP contribution is 2.39. The first-order valence-electron chi connectivity index (χ1n) is 6.17. The molecule has 3 N–H and O–H groups in total. The molecule has 0 saturated heterocycles. The maximum absolute atomic E-state index is 11.9. The molecule has 0 aliphatic heterocycles. The van der Waals surface area contributed by atoms with E-state index in [1.165, 1.54) is 25.7 Å². The van der Waals surface area contributed by atoms with Gasteiger partial charge in [-0.3, -0.25) is 4.79 Å². The first-order chi connectivity index (χ1) is 8.04. The van der Waals surface area contributed by atoms with Gasteiger partial charge in [0.25, 0.3) is 0 Å². The highest BCUT2D eigenvalue weighted by molar-refractivity contribution is 8.00. The van der Waals surface area contributed by atoms with Gasteiger partial charge in [0.05, 0.1) is 10.9 Å². The normalized spacial score (nSPS) is 19.9. The molecule has 3 nitrogen and oxygen atoms in total. The van der Waals surface area contributed by atoms with Gasteiger partial charge in [-0.15, -0.1) is 0 Å². The zero-order valence-corrected chi connectivity index (χ0v) is 12.3. The van der Waals surface area contributed by atoms with E-state index in [0.717, 1.165) is 6.54 Å². The van der Waals surface area contributed by atoms with Crippen LogP contribution in [0.3, 0.4) is 0 Å². The van der Waals surface area contributed by atoms with Crippen molar-refractivity contribution in [3.63, 3.8) is 0 Å². The van der Waals surface area contributed by atoms with Crippen LogP contribution < -0.4 is 11.1 Å². The summed E-state index contributed by atoms with van der Waals surface area (Å²) in [6, 6.07) is 0. The summed E-state index contributed by atoms with van der Waals surface area (Å²) in [5.74, 6) is -0.328. The first-order valence-corrected chi connectivity index (χ1v) is 7.80. The molecule has 0 bridgehead atoms. The van der Waals surface area contributed by atoms with Crippen molar-refractivity contribution < 1.29 is 4.79 Å². The van der Waals surface area contributed by atoms with Gasteiger partial charge in [-0.2, -0.15) is 11.8 Å². The predicted molar refractivity (Wildman–Crippen MR) is 78.3 cm³/mol. The topological polar surface area (TPSA) is 55.1 Å². The number of carbonyl (C=O) groups is 1. The van der Waals surface area contributed by atoms with Gasteiger partial charge in [0.1, 0.15) is 0 Å². The fraction of sp³-hybridized carbons (Fsp3) is 0.833. The molecule has 1 atom stereocenters. The van der Waals surface area contributed by atoms with E-state index < -0.39 is 0 Å². The number of hydrogen-bond donors (Lipinski definition) is 2. The van der Waals surface area contributed by atoms with Gasteiger partial charge in [-0.25, -0.2) is 0 Å². The van der Waals surface area contributed by atoms with Gasteiger partial charge in [0.2, 0.25) is 5.91 Å². The van der Waals surface area contributed by atoms with Crippen LogP contribution in [0.2, 0.25) is 0 Å². The Hall–Kier alpha value is -0.290. The third-order valence-corrected chi connectivity index (χ3v) is 5.30. The van der Waals surface area contributed by atoms with Crippen molar-refractivity contribution in [3.8, 4) is 0 Å². The second-order valence-corrected chi connectivity index (χ2v) is 6.42. The summed E-state index contributed by atoms with van der Waals surface area (Å²) < 4.78 is 0.240. The zero-order valence-electron chi connectivity index (χ0n) is 10.6. The average molecular weight is 274 g/mol. The molecule has 1 aliphatic carbocycles. The number of hydrogen-bond acceptors (Lipinski definition) is 3. The van der Waals surface area contributed by atoms with E-state index in [-0.39, 0.29) is 16.6 Å². The van der Waals surface area contributed by atoms with Crippen LogP contribution in [-0.2, 0) is 4.79 Å². The van der Waals surface area contributed by atoms with Gasteiger partial charge in [-0.05, 0) is 25.5 Å². The van der Waals surface area contributed by atoms with Gasteiger partial charge in [0.15, 0.2) is 0 Å². The molecule has 1 fully saturated rings. The average Bonchev–Trinajstić information content (AvgIpc) is 2.76. The fourth-order valence-corrected chi connectivity index (χ4v) is 3.55. The minimum atomic E-state index is -0.315. The van der Waals surface area contributed by atoms with Gasteiger partial charge >= 0.3 is 0 Å². The summed E-state index contributed by atoms with van der Waals surface area (Å²) in [4.78, 5) is 12.2. The Kier molecular flexibility index (Phi) is 5.73. The third-order valence-electron chi connectivity index (χ3n) is 3.60. The van der Waals surface area contributed by atoms with Crippen LogP contribution in [0.15, 0.2) is 0 Å². The Bertz CT molecular complexity index is 288. The summed E-state index contributed by atoms with van der Waals surface area (Å²) >= 11 is 6.78. The van der Waals surface area contributed by atoms with Crippen molar-refractivity contribution in [3.05, 3.63) is 0 Å². The van der Waals surface area contributed by atoms with Gasteiger partial charge < -0.3 is 11.1 Å². The van der Waals surface area contributed by atoms with Crippen molar-refractivity contribution >= 4 is 34.9 Å². The Labute approximate surface area is 113 Å². The lowest BCUT2D eigenvalue weighted by Crippen LogP contribution is -2.43. The van der Waals surface area contributed by atoms with E-state index in [1.807, 2.05) is 18.7 Å². The molecule has 0 heterocycles. The van der Waals surface area contributed by atoms with E-state index in [4.69, 9.17) is 18.0 Å². The van der Waals surface area contributed by atoms with Crippen LogP contribution in [0.4, 0.5) is 0 Å². The minimum Gasteiger partial charge on any atom is -0.393 e. The number of carbonyl (C=O) groups excluding carboxylic acids is 1. The van der Waals surface area contributed by atoms with Gasteiger partial charge in [-0.1, -0.05) is 32.0 Å². The number of nitrogens with two attached hydrogens (primary N) is 1. The summed E-state index contributed by atoms with van der Waals surface area (Å²) in [7, 11) is 0. The van der Waals surface area contributed by atoms with E-state index in [1.54, 1.807) is 0 Å². The molecule has 1 rings (SSSR count). The molecule has 1 aliphatic rings. The van der Waals surface area contributed by atoms with E-state index in [9.17, 15) is 4.79 Å². The minimum absolute atomic E-state index is 0.0136. The number of amides is 1. The second-order valence-electron chi connectivity index (χ2n) is 4.68. The summed E-state index contributed by atoms with van der Waals surface area (Å²) in [6.07, 6.45) is 7.72. The van der Waals surface area contributed by atoms with Crippen molar-refractivity contribution in [2.75, 3.05) is 12.8 Å². The third kappa shape index (κ3) is 3.85. The molecule has 1 saturated carbocycles. The molecule has 0 spiro atoms. The Balaban J connectivity index is 2.49. The van der Waals surface area contributed by atoms with E-state index in [2.05, 4.69) is 11.6 Å². The maximum Gasteiger partial charge on any atom is 0.229 e. The first kappa shape index (κ1) is 14.8.